The summed E-state index contributed by atoms with van der Waals surface area (Å²) < 4.78 is 1.81. The summed E-state index contributed by atoms with van der Waals surface area (Å²) in [6.07, 6.45) is 4.42. The van der Waals surface area contributed by atoms with Crippen LogP contribution in [0.25, 0.3) is 0 Å². The topological polar surface area (TPSA) is 32.3 Å². The van der Waals surface area contributed by atoms with Crippen molar-refractivity contribution in [3.8, 4) is 0 Å². The summed E-state index contributed by atoms with van der Waals surface area (Å²) >= 11 is 6.88. The van der Waals surface area contributed by atoms with E-state index in [9.17, 15) is 4.79 Å². The lowest BCUT2D eigenvalue weighted by molar-refractivity contribution is 0.0685. The number of carbonyl (C=O) groups excluding carboxylic acids is 1. The summed E-state index contributed by atoms with van der Waals surface area (Å²) in [6, 6.07) is 6.64. The minimum atomic E-state index is 0.0947. The van der Waals surface area contributed by atoms with Crippen LogP contribution in [0.2, 0.25) is 0 Å². The number of nitrogens with one attached hydrogen (secondary N) is 1. The van der Waals surface area contributed by atoms with Crippen molar-refractivity contribution in [2.45, 2.75) is 37.8 Å². The predicted molar refractivity (Wildman–Crippen MR) is 89.0 cm³/mol. The Morgan fingerprint density at radius 2 is 1.90 bits per heavy atom. The van der Waals surface area contributed by atoms with Crippen molar-refractivity contribution in [1.29, 1.82) is 0 Å². The molecule has 0 aromatic heterocycles. The minimum Gasteiger partial charge on any atom is -0.339 e. The molecule has 0 saturated heterocycles. The molecule has 1 amide bonds. The van der Waals surface area contributed by atoms with Crippen molar-refractivity contribution in [2.24, 2.45) is 0 Å². The van der Waals surface area contributed by atoms with Crippen molar-refractivity contribution < 1.29 is 4.79 Å². The molecule has 2 rings (SSSR count). The Bertz CT molecular complexity index is 485. The Hall–Kier alpha value is -0.390. The van der Waals surface area contributed by atoms with Gasteiger partial charge in [-0.05, 0) is 66.9 Å². The first kappa shape index (κ1) is 16.0. The maximum absolute atomic E-state index is 12.6. The van der Waals surface area contributed by atoms with Crippen LogP contribution in [-0.4, -0.2) is 37.0 Å². The van der Waals surface area contributed by atoms with E-state index in [1.807, 2.05) is 37.2 Å². The minimum absolute atomic E-state index is 0.0947. The molecule has 0 unspecified atom stereocenters. The van der Waals surface area contributed by atoms with Gasteiger partial charge in [0.15, 0.2) is 0 Å². The zero-order valence-electron chi connectivity index (χ0n) is 11.8. The molecular weight excluding hydrogens is 384 g/mol. The molecule has 1 N–H and O–H groups in total. The van der Waals surface area contributed by atoms with Gasteiger partial charge in [-0.3, -0.25) is 4.79 Å². The third kappa shape index (κ3) is 3.62. The van der Waals surface area contributed by atoms with Gasteiger partial charge in [0.2, 0.25) is 0 Å². The van der Waals surface area contributed by atoms with Crippen molar-refractivity contribution in [1.82, 2.24) is 10.2 Å². The van der Waals surface area contributed by atoms with Crippen LogP contribution >= 0.6 is 31.9 Å². The fourth-order valence-electron chi connectivity index (χ4n) is 2.77. The molecule has 5 heteroatoms. The van der Waals surface area contributed by atoms with Gasteiger partial charge in [-0.2, -0.15) is 0 Å². The van der Waals surface area contributed by atoms with Crippen molar-refractivity contribution in [3.05, 3.63) is 32.7 Å². The maximum atomic E-state index is 12.6. The highest BCUT2D eigenvalue weighted by atomic mass is 79.9. The largest absolute Gasteiger partial charge is 0.339 e. The van der Waals surface area contributed by atoms with Gasteiger partial charge in [0, 0.05) is 28.1 Å². The molecule has 0 radical (unpaired) electrons. The lowest BCUT2D eigenvalue weighted by atomic mass is 9.90. The molecule has 1 saturated carbocycles. The molecule has 3 nitrogen and oxygen atoms in total. The van der Waals surface area contributed by atoms with Crippen LogP contribution in [0.15, 0.2) is 27.1 Å². The van der Waals surface area contributed by atoms with Crippen LogP contribution in [0.3, 0.4) is 0 Å². The normalized spacial score (nSPS) is 22.6. The van der Waals surface area contributed by atoms with Crippen molar-refractivity contribution in [2.75, 3.05) is 14.1 Å². The summed E-state index contributed by atoms with van der Waals surface area (Å²) in [5.74, 6) is 0.0947. The Labute approximate surface area is 137 Å². The van der Waals surface area contributed by atoms with E-state index < -0.39 is 0 Å². The standard InChI is InChI=1S/C15H20Br2N2O/c1-18-11-4-6-12(7-5-11)19(2)15(20)13-8-3-10(16)9-14(13)17/h3,8-9,11-12,18H,4-7H2,1-2H3. The summed E-state index contributed by atoms with van der Waals surface area (Å²) in [6.45, 7) is 0. The van der Waals surface area contributed by atoms with E-state index in [-0.39, 0.29) is 5.91 Å². The second-order valence-corrected chi connectivity index (χ2v) is 7.10. The first-order valence-corrected chi connectivity index (χ1v) is 8.51. The summed E-state index contributed by atoms with van der Waals surface area (Å²) in [5.41, 5.74) is 0.728. The number of amides is 1. The molecule has 1 aromatic carbocycles. The fraction of sp³-hybridized carbons (Fsp3) is 0.533. The van der Waals surface area contributed by atoms with E-state index in [1.165, 1.54) is 0 Å². The molecule has 1 fully saturated rings. The quantitative estimate of drug-likeness (QED) is 0.831. The Morgan fingerprint density at radius 3 is 2.45 bits per heavy atom. The van der Waals surface area contributed by atoms with E-state index in [2.05, 4.69) is 37.2 Å². The molecule has 110 valence electrons. The fourth-order valence-corrected chi connectivity index (χ4v) is 3.99. The van der Waals surface area contributed by atoms with Gasteiger partial charge < -0.3 is 10.2 Å². The van der Waals surface area contributed by atoms with Gasteiger partial charge in [0.1, 0.15) is 0 Å². The predicted octanol–water partition coefficient (Wildman–Crippen LogP) is 3.81. The highest BCUT2D eigenvalue weighted by Crippen LogP contribution is 2.27. The van der Waals surface area contributed by atoms with Crippen LogP contribution in [0.5, 0.6) is 0 Å². The van der Waals surface area contributed by atoms with Crippen LogP contribution < -0.4 is 5.32 Å². The average molecular weight is 404 g/mol. The van der Waals surface area contributed by atoms with Gasteiger partial charge in [0.25, 0.3) is 5.91 Å². The number of hydrogen-bond acceptors (Lipinski definition) is 2. The third-order valence-electron chi connectivity index (χ3n) is 4.13. The van der Waals surface area contributed by atoms with Crippen molar-refractivity contribution in [3.63, 3.8) is 0 Å². The number of halogens is 2. The van der Waals surface area contributed by atoms with E-state index in [4.69, 9.17) is 0 Å². The molecule has 20 heavy (non-hydrogen) atoms. The average Bonchev–Trinajstić information content (AvgIpc) is 2.46. The van der Waals surface area contributed by atoms with Crippen LogP contribution in [0, 0.1) is 0 Å². The zero-order valence-corrected chi connectivity index (χ0v) is 15.0. The van der Waals surface area contributed by atoms with Gasteiger partial charge in [-0.25, -0.2) is 0 Å². The highest BCUT2D eigenvalue weighted by Gasteiger charge is 2.27. The Kier molecular flexibility index (Phi) is 5.64. The molecule has 0 aliphatic heterocycles. The summed E-state index contributed by atoms with van der Waals surface area (Å²) in [7, 11) is 3.93. The SMILES string of the molecule is CNC1CCC(N(C)C(=O)c2ccc(Br)cc2Br)CC1. The Balaban J connectivity index is 2.05. The Morgan fingerprint density at radius 1 is 1.25 bits per heavy atom. The lowest BCUT2D eigenvalue weighted by Gasteiger charge is -2.34. The zero-order chi connectivity index (χ0) is 14.7. The second-order valence-electron chi connectivity index (χ2n) is 5.33. The number of nitrogens with zero attached hydrogens (tertiary/aromatic N) is 1. The number of benzene rings is 1. The van der Waals surface area contributed by atoms with Crippen LogP contribution in [0.4, 0.5) is 0 Å². The molecule has 1 aliphatic rings. The van der Waals surface area contributed by atoms with Gasteiger partial charge in [-0.1, -0.05) is 15.9 Å². The van der Waals surface area contributed by atoms with E-state index in [0.717, 1.165) is 40.2 Å². The van der Waals surface area contributed by atoms with E-state index in [0.29, 0.717) is 12.1 Å². The molecule has 0 atom stereocenters. The summed E-state index contributed by atoms with van der Waals surface area (Å²) in [5, 5.41) is 3.32. The third-order valence-corrected chi connectivity index (χ3v) is 5.28. The molecule has 1 aliphatic carbocycles. The van der Waals surface area contributed by atoms with Crippen LogP contribution in [0.1, 0.15) is 36.0 Å². The highest BCUT2D eigenvalue weighted by molar-refractivity contribution is 9.11. The van der Waals surface area contributed by atoms with E-state index in [1.54, 1.807) is 0 Å². The van der Waals surface area contributed by atoms with E-state index >= 15 is 0 Å². The first-order chi connectivity index (χ1) is 9.52. The monoisotopic (exact) mass is 402 g/mol. The van der Waals surface area contributed by atoms with Crippen LogP contribution in [-0.2, 0) is 0 Å². The number of rotatable bonds is 3. The first-order valence-electron chi connectivity index (χ1n) is 6.92. The number of carbonyl (C=O) groups is 1. The number of hydrogen-bond donors (Lipinski definition) is 1. The molecule has 0 bridgehead atoms. The lowest BCUT2D eigenvalue weighted by Crippen LogP contribution is -2.42. The molecular formula is C15H20Br2N2O. The van der Waals surface area contributed by atoms with Gasteiger partial charge in [0.05, 0.1) is 5.56 Å². The summed E-state index contributed by atoms with van der Waals surface area (Å²) in [4.78, 5) is 14.5. The molecule has 0 heterocycles. The molecule has 1 aromatic rings. The van der Waals surface area contributed by atoms with Crippen molar-refractivity contribution >= 4 is 37.8 Å². The van der Waals surface area contributed by atoms with Gasteiger partial charge >= 0.3 is 0 Å². The second kappa shape index (κ2) is 7.05. The van der Waals surface area contributed by atoms with Gasteiger partial charge in [-0.15, -0.1) is 0 Å². The smallest absolute Gasteiger partial charge is 0.254 e. The molecule has 0 spiro atoms. The maximum Gasteiger partial charge on any atom is 0.254 e.